The summed E-state index contributed by atoms with van der Waals surface area (Å²) in [6.07, 6.45) is -0.253. The van der Waals surface area contributed by atoms with Crippen LogP contribution in [0.1, 0.15) is 5.56 Å². The number of nitrogens with zero attached hydrogens (tertiary/aromatic N) is 4. The number of aliphatic hydroxyl groups excluding tert-OH is 1. The maximum Gasteiger partial charge on any atom is 0.573 e. The lowest BCUT2D eigenvalue weighted by Crippen LogP contribution is -2.47. The van der Waals surface area contributed by atoms with Crippen molar-refractivity contribution in [3.8, 4) is 5.75 Å². The van der Waals surface area contributed by atoms with Crippen molar-refractivity contribution in [1.29, 1.82) is 0 Å². The van der Waals surface area contributed by atoms with Crippen molar-refractivity contribution < 1.29 is 27.8 Å². The SMILES string of the molecule is O=C(C=Cc1ccc(OC(F)(F)F)cc1)Nc1ccc2nc(N3CCN(CCO)CC3)ncc2c1. The van der Waals surface area contributed by atoms with E-state index < -0.39 is 12.3 Å². The zero-order valence-electron chi connectivity index (χ0n) is 18.7. The minimum Gasteiger partial charge on any atom is -0.406 e. The van der Waals surface area contributed by atoms with E-state index in [1.807, 2.05) is 0 Å². The molecule has 0 atom stereocenters. The van der Waals surface area contributed by atoms with Crippen molar-refractivity contribution in [2.45, 2.75) is 6.36 Å². The molecule has 0 bridgehead atoms. The third-order valence-corrected chi connectivity index (χ3v) is 5.45. The fourth-order valence-corrected chi connectivity index (χ4v) is 3.70. The number of alkyl halides is 3. The fraction of sp³-hybridized carbons (Fsp3) is 0.292. The minimum absolute atomic E-state index is 0.148. The lowest BCUT2D eigenvalue weighted by molar-refractivity contribution is -0.274. The van der Waals surface area contributed by atoms with Crippen LogP contribution in [0, 0.1) is 0 Å². The molecule has 4 rings (SSSR count). The largest absolute Gasteiger partial charge is 0.573 e. The van der Waals surface area contributed by atoms with E-state index in [9.17, 15) is 18.0 Å². The van der Waals surface area contributed by atoms with Crippen molar-refractivity contribution >= 4 is 34.5 Å². The second-order valence-electron chi connectivity index (χ2n) is 7.94. The average Bonchev–Trinajstić information content (AvgIpc) is 2.83. The summed E-state index contributed by atoms with van der Waals surface area (Å²) in [7, 11) is 0. The molecular formula is C24H24F3N5O3. The molecule has 0 spiro atoms. The van der Waals surface area contributed by atoms with Gasteiger partial charge >= 0.3 is 6.36 Å². The van der Waals surface area contributed by atoms with Gasteiger partial charge in [-0.15, -0.1) is 13.2 Å². The molecule has 1 amide bonds. The Balaban J connectivity index is 1.35. The van der Waals surface area contributed by atoms with Crippen LogP contribution in [0.25, 0.3) is 17.0 Å². The second kappa shape index (κ2) is 10.7. The average molecular weight is 487 g/mol. The summed E-state index contributed by atoms with van der Waals surface area (Å²) >= 11 is 0. The van der Waals surface area contributed by atoms with Gasteiger partial charge in [-0.2, -0.15) is 0 Å². The topological polar surface area (TPSA) is 90.8 Å². The first-order valence-electron chi connectivity index (χ1n) is 11.0. The Bertz CT molecular complexity index is 1190. The van der Waals surface area contributed by atoms with Gasteiger partial charge in [0.25, 0.3) is 0 Å². The number of ether oxygens (including phenoxy) is 1. The van der Waals surface area contributed by atoms with E-state index in [-0.39, 0.29) is 12.4 Å². The Kier molecular flexibility index (Phi) is 7.47. The number of nitrogens with one attached hydrogen (secondary N) is 1. The summed E-state index contributed by atoms with van der Waals surface area (Å²) in [4.78, 5) is 25.7. The number of β-amino-alcohol motifs (C(OH)–C–C–N with tert-alkyl or cyclic N) is 1. The molecule has 1 aliphatic rings. The fourth-order valence-electron chi connectivity index (χ4n) is 3.70. The molecule has 0 saturated carbocycles. The summed E-state index contributed by atoms with van der Waals surface area (Å²) in [5.74, 6) is -0.0737. The van der Waals surface area contributed by atoms with Gasteiger partial charge in [0.15, 0.2) is 0 Å². The summed E-state index contributed by atoms with van der Waals surface area (Å²) in [5, 5.41) is 12.6. The molecule has 2 N–H and O–H groups in total. The van der Waals surface area contributed by atoms with Crippen LogP contribution in [-0.2, 0) is 4.79 Å². The number of piperazine rings is 1. The highest BCUT2D eigenvalue weighted by Gasteiger charge is 2.30. The predicted molar refractivity (Wildman–Crippen MR) is 126 cm³/mol. The van der Waals surface area contributed by atoms with E-state index in [2.05, 4.69) is 29.8 Å². The third-order valence-electron chi connectivity index (χ3n) is 5.45. The zero-order chi connectivity index (χ0) is 24.8. The Hall–Kier alpha value is -3.70. The lowest BCUT2D eigenvalue weighted by atomic mass is 10.2. The van der Waals surface area contributed by atoms with Gasteiger partial charge in [-0.05, 0) is 42.0 Å². The zero-order valence-corrected chi connectivity index (χ0v) is 18.7. The van der Waals surface area contributed by atoms with Crippen LogP contribution < -0.4 is 15.0 Å². The second-order valence-corrected chi connectivity index (χ2v) is 7.94. The molecule has 11 heteroatoms. The van der Waals surface area contributed by atoms with Gasteiger partial charge in [-0.1, -0.05) is 12.1 Å². The maximum atomic E-state index is 12.3. The van der Waals surface area contributed by atoms with Crippen LogP contribution >= 0.6 is 0 Å². The highest BCUT2D eigenvalue weighted by atomic mass is 19.4. The third kappa shape index (κ3) is 6.90. The van der Waals surface area contributed by atoms with Gasteiger partial charge in [0.1, 0.15) is 5.75 Å². The van der Waals surface area contributed by atoms with E-state index in [4.69, 9.17) is 5.11 Å². The number of carbonyl (C=O) groups excluding carboxylic acids is 1. The Morgan fingerprint density at radius 3 is 2.54 bits per heavy atom. The van der Waals surface area contributed by atoms with Crippen molar-refractivity contribution in [3.63, 3.8) is 0 Å². The molecule has 184 valence electrons. The lowest BCUT2D eigenvalue weighted by Gasteiger charge is -2.34. The first-order chi connectivity index (χ1) is 16.8. The number of aliphatic hydroxyl groups is 1. The number of anilines is 2. The first-order valence-corrected chi connectivity index (χ1v) is 11.0. The highest BCUT2D eigenvalue weighted by Crippen LogP contribution is 2.23. The number of hydrogen-bond acceptors (Lipinski definition) is 7. The maximum absolute atomic E-state index is 12.3. The number of hydrogen-bond donors (Lipinski definition) is 2. The number of fused-ring (bicyclic) bond motifs is 1. The number of rotatable bonds is 7. The molecule has 0 aliphatic carbocycles. The number of amides is 1. The van der Waals surface area contributed by atoms with Gasteiger partial charge < -0.3 is 20.1 Å². The molecule has 1 aromatic heterocycles. The Morgan fingerprint density at radius 2 is 1.86 bits per heavy atom. The van der Waals surface area contributed by atoms with Gasteiger partial charge in [0.05, 0.1) is 12.1 Å². The number of halogens is 3. The number of carbonyl (C=O) groups is 1. The monoisotopic (exact) mass is 487 g/mol. The minimum atomic E-state index is -4.75. The molecule has 3 aromatic rings. The van der Waals surface area contributed by atoms with Crippen molar-refractivity contribution in [2.75, 3.05) is 49.5 Å². The van der Waals surface area contributed by atoms with Crippen LogP contribution in [-0.4, -0.2) is 71.6 Å². The number of aromatic nitrogens is 2. The van der Waals surface area contributed by atoms with Crippen molar-refractivity contribution in [1.82, 2.24) is 14.9 Å². The quantitative estimate of drug-likeness (QED) is 0.495. The van der Waals surface area contributed by atoms with Gasteiger partial charge in [0.2, 0.25) is 11.9 Å². The van der Waals surface area contributed by atoms with E-state index in [1.165, 1.54) is 36.4 Å². The summed E-state index contributed by atoms with van der Waals surface area (Å²) in [5.41, 5.74) is 1.86. The van der Waals surface area contributed by atoms with E-state index in [0.29, 0.717) is 23.7 Å². The number of benzene rings is 2. The smallest absolute Gasteiger partial charge is 0.406 e. The molecule has 8 nitrogen and oxygen atoms in total. The van der Waals surface area contributed by atoms with E-state index in [0.717, 1.165) is 37.1 Å². The van der Waals surface area contributed by atoms with Gasteiger partial charge in [-0.3, -0.25) is 9.69 Å². The van der Waals surface area contributed by atoms with Crippen LogP contribution in [0.15, 0.2) is 54.7 Å². The molecule has 1 saturated heterocycles. The summed E-state index contributed by atoms with van der Waals surface area (Å²) < 4.78 is 40.5. The van der Waals surface area contributed by atoms with E-state index in [1.54, 1.807) is 24.4 Å². The molecule has 1 aliphatic heterocycles. The van der Waals surface area contributed by atoms with Crippen molar-refractivity contribution in [2.24, 2.45) is 0 Å². The van der Waals surface area contributed by atoms with Crippen LogP contribution in [0.2, 0.25) is 0 Å². The molecule has 35 heavy (non-hydrogen) atoms. The summed E-state index contributed by atoms with van der Waals surface area (Å²) in [6.45, 7) is 4.06. The van der Waals surface area contributed by atoms with Gasteiger partial charge in [0, 0.05) is 56.1 Å². The van der Waals surface area contributed by atoms with Crippen LogP contribution in [0.4, 0.5) is 24.8 Å². The molecule has 0 radical (unpaired) electrons. The van der Waals surface area contributed by atoms with Crippen molar-refractivity contribution in [3.05, 3.63) is 60.3 Å². The predicted octanol–water partition coefficient (Wildman–Crippen LogP) is 3.29. The van der Waals surface area contributed by atoms with Crippen LogP contribution in [0.3, 0.4) is 0 Å². The standard InChI is InChI=1S/C24H24F3N5O3/c25-24(26,27)35-20-5-1-17(2-6-20)3-8-22(34)29-19-4-7-21-18(15-19)16-28-23(30-21)32-11-9-31(10-12-32)13-14-33/h1-8,15-16,33H,9-14H2,(H,29,34). The molecule has 1 fully saturated rings. The molecule has 2 aromatic carbocycles. The van der Waals surface area contributed by atoms with E-state index >= 15 is 0 Å². The summed E-state index contributed by atoms with van der Waals surface area (Å²) in [6, 6.07) is 10.5. The van der Waals surface area contributed by atoms with Crippen LogP contribution in [0.5, 0.6) is 5.75 Å². The normalized spacial score (nSPS) is 15.0. The highest BCUT2D eigenvalue weighted by molar-refractivity contribution is 6.02. The molecule has 2 heterocycles. The Morgan fingerprint density at radius 1 is 1.11 bits per heavy atom. The Labute approximate surface area is 199 Å². The van der Waals surface area contributed by atoms with Gasteiger partial charge in [-0.25, -0.2) is 9.97 Å². The first kappa shape index (κ1) is 24.4. The molecular weight excluding hydrogens is 463 g/mol. The molecule has 0 unspecified atom stereocenters.